The normalized spacial score (nSPS) is 26.0. The molecular formula is C17H25N3O2. The van der Waals surface area contributed by atoms with E-state index in [9.17, 15) is 9.90 Å². The molecule has 0 radical (unpaired) electrons. The third-order valence-electron chi connectivity index (χ3n) is 4.95. The summed E-state index contributed by atoms with van der Waals surface area (Å²) >= 11 is 0. The van der Waals surface area contributed by atoms with Gasteiger partial charge in [-0.15, -0.1) is 0 Å². The molecule has 5 heteroatoms. The molecule has 2 aliphatic rings. The fraction of sp³-hybridized carbons (Fsp3) is 0.706. The van der Waals surface area contributed by atoms with Gasteiger partial charge in [-0.2, -0.15) is 0 Å². The molecule has 0 spiro atoms. The van der Waals surface area contributed by atoms with Crippen molar-refractivity contribution in [1.82, 2.24) is 14.9 Å². The van der Waals surface area contributed by atoms with Crippen LogP contribution in [0.25, 0.3) is 0 Å². The predicted octanol–water partition coefficient (Wildman–Crippen LogP) is 2.51. The van der Waals surface area contributed by atoms with E-state index in [0.717, 1.165) is 50.3 Å². The fourth-order valence-corrected chi connectivity index (χ4v) is 3.59. The second-order valence-electron chi connectivity index (χ2n) is 6.86. The van der Waals surface area contributed by atoms with Crippen LogP contribution in [0.15, 0.2) is 12.3 Å². The number of rotatable bonds is 6. The highest BCUT2D eigenvalue weighted by molar-refractivity contribution is 5.75. The van der Waals surface area contributed by atoms with E-state index >= 15 is 0 Å². The molecule has 2 heterocycles. The van der Waals surface area contributed by atoms with Crippen LogP contribution in [0.3, 0.4) is 0 Å². The van der Waals surface area contributed by atoms with Crippen molar-refractivity contribution in [2.75, 3.05) is 13.1 Å². The second-order valence-corrected chi connectivity index (χ2v) is 6.86. The molecular weight excluding hydrogens is 278 g/mol. The zero-order valence-corrected chi connectivity index (χ0v) is 13.3. The zero-order chi connectivity index (χ0) is 15.6. The highest BCUT2D eigenvalue weighted by Gasteiger charge is 2.45. The van der Waals surface area contributed by atoms with Crippen LogP contribution in [-0.4, -0.2) is 39.0 Å². The van der Waals surface area contributed by atoms with E-state index in [2.05, 4.69) is 14.9 Å². The number of hydrogen-bond acceptors (Lipinski definition) is 4. The average molecular weight is 303 g/mol. The van der Waals surface area contributed by atoms with Gasteiger partial charge < -0.3 is 5.11 Å². The van der Waals surface area contributed by atoms with Crippen LogP contribution in [0.4, 0.5) is 0 Å². The number of carbonyl (C=O) groups is 1. The topological polar surface area (TPSA) is 66.3 Å². The van der Waals surface area contributed by atoms with Gasteiger partial charge in [-0.3, -0.25) is 9.69 Å². The van der Waals surface area contributed by atoms with Gasteiger partial charge in [-0.05, 0) is 37.8 Å². The molecule has 1 aromatic rings. The summed E-state index contributed by atoms with van der Waals surface area (Å²) < 4.78 is 0. The van der Waals surface area contributed by atoms with Gasteiger partial charge in [0.1, 0.15) is 5.82 Å². The summed E-state index contributed by atoms with van der Waals surface area (Å²) in [6.07, 6.45) is 7.68. The van der Waals surface area contributed by atoms with E-state index < -0.39 is 11.4 Å². The monoisotopic (exact) mass is 303 g/mol. The van der Waals surface area contributed by atoms with Crippen LogP contribution in [0.1, 0.15) is 50.5 Å². The zero-order valence-electron chi connectivity index (χ0n) is 13.3. The van der Waals surface area contributed by atoms with Crippen molar-refractivity contribution < 1.29 is 9.90 Å². The standard InChI is InChI=1S/C17H25N3O2/c1-2-15-18-8-6-14(19-15)11-20-9-3-7-17(12-20,16(21)22)10-13-4-5-13/h6,8,13H,2-5,7,9-12H2,1H3,(H,21,22). The van der Waals surface area contributed by atoms with E-state index in [-0.39, 0.29) is 0 Å². The van der Waals surface area contributed by atoms with Gasteiger partial charge >= 0.3 is 5.97 Å². The summed E-state index contributed by atoms with van der Waals surface area (Å²) in [5.41, 5.74) is 0.458. The Morgan fingerprint density at radius 1 is 1.50 bits per heavy atom. The summed E-state index contributed by atoms with van der Waals surface area (Å²) in [4.78, 5) is 22.9. The van der Waals surface area contributed by atoms with Crippen molar-refractivity contribution in [2.24, 2.45) is 11.3 Å². The maximum Gasteiger partial charge on any atom is 0.310 e. The van der Waals surface area contributed by atoms with Gasteiger partial charge in [0.2, 0.25) is 0 Å². The lowest BCUT2D eigenvalue weighted by Crippen LogP contribution is -2.47. The first-order valence-electron chi connectivity index (χ1n) is 8.38. The van der Waals surface area contributed by atoms with Crippen molar-refractivity contribution in [3.05, 3.63) is 23.8 Å². The maximum atomic E-state index is 11.9. The van der Waals surface area contributed by atoms with Gasteiger partial charge in [0, 0.05) is 25.7 Å². The Bertz CT molecular complexity index is 544. The van der Waals surface area contributed by atoms with Crippen LogP contribution >= 0.6 is 0 Å². The molecule has 5 nitrogen and oxygen atoms in total. The smallest absolute Gasteiger partial charge is 0.310 e. The first-order chi connectivity index (χ1) is 10.6. The van der Waals surface area contributed by atoms with Crippen molar-refractivity contribution in [2.45, 2.75) is 52.0 Å². The van der Waals surface area contributed by atoms with Gasteiger partial charge in [0.05, 0.1) is 11.1 Å². The van der Waals surface area contributed by atoms with Crippen molar-refractivity contribution in [1.29, 1.82) is 0 Å². The summed E-state index contributed by atoms with van der Waals surface area (Å²) in [6, 6.07) is 1.94. The van der Waals surface area contributed by atoms with Gasteiger partial charge in [0.15, 0.2) is 0 Å². The van der Waals surface area contributed by atoms with Crippen molar-refractivity contribution >= 4 is 5.97 Å². The molecule has 1 saturated carbocycles. The molecule has 1 N–H and O–H groups in total. The van der Waals surface area contributed by atoms with Crippen molar-refractivity contribution in [3.63, 3.8) is 0 Å². The lowest BCUT2D eigenvalue weighted by molar-refractivity contribution is -0.153. The summed E-state index contributed by atoms with van der Waals surface area (Å²) in [7, 11) is 0. The number of carboxylic acid groups (broad SMARTS) is 1. The Morgan fingerprint density at radius 2 is 2.32 bits per heavy atom. The first kappa shape index (κ1) is 15.4. The quantitative estimate of drug-likeness (QED) is 0.874. The molecule has 0 amide bonds. The van der Waals surface area contributed by atoms with E-state index in [1.807, 2.05) is 13.0 Å². The Labute approximate surface area is 131 Å². The van der Waals surface area contributed by atoms with Crippen LogP contribution in [0.5, 0.6) is 0 Å². The summed E-state index contributed by atoms with van der Waals surface area (Å²) in [5.74, 6) is 0.889. The molecule has 1 atom stereocenters. The number of aryl methyl sites for hydroxylation is 1. The highest BCUT2D eigenvalue weighted by atomic mass is 16.4. The van der Waals surface area contributed by atoms with Gasteiger partial charge in [0.25, 0.3) is 0 Å². The second kappa shape index (κ2) is 6.32. The summed E-state index contributed by atoms with van der Waals surface area (Å²) in [5, 5.41) is 9.78. The van der Waals surface area contributed by atoms with Gasteiger partial charge in [-0.1, -0.05) is 19.8 Å². The molecule has 1 saturated heterocycles. The number of nitrogens with zero attached hydrogens (tertiary/aromatic N) is 3. The van der Waals surface area contributed by atoms with Crippen LogP contribution in [0, 0.1) is 11.3 Å². The molecule has 1 unspecified atom stereocenters. The Hall–Kier alpha value is -1.49. The molecule has 1 aliphatic heterocycles. The number of carboxylic acids is 1. The first-order valence-corrected chi connectivity index (χ1v) is 8.38. The molecule has 3 rings (SSSR count). The molecule has 22 heavy (non-hydrogen) atoms. The molecule has 0 bridgehead atoms. The number of piperidine rings is 1. The Morgan fingerprint density at radius 3 is 3.00 bits per heavy atom. The minimum Gasteiger partial charge on any atom is -0.481 e. The van der Waals surface area contributed by atoms with Gasteiger partial charge in [-0.25, -0.2) is 9.97 Å². The molecule has 2 fully saturated rings. The minimum absolute atomic E-state index is 0.542. The van der Waals surface area contributed by atoms with E-state index in [4.69, 9.17) is 0 Å². The minimum atomic E-state index is -0.610. The number of hydrogen-bond donors (Lipinski definition) is 1. The Kier molecular flexibility index (Phi) is 4.43. The largest absolute Gasteiger partial charge is 0.481 e. The highest BCUT2D eigenvalue weighted by Crippen LogP contribution is 2.45. The number of likely N-dealkylation sites (tertiary alicyclic amines) is 1. The van der Waals surface area contributed by atoms with E-state index in [1.54, 1.807) is 6.20 Å². The summed E-state index contributed by atoms with van der Waals surface area (Å²) in [6.45, 7) is 4.40. The Balaban J connectivity index is 1.69. The SMILES string of the molecule is CCc1nccc(CN2CCCC(CC3CC3)(C(=O)O)C2)n1. The number of aromatic nitrogens is 2. The molecule has 120 valence electrons. The molecule has 0 aromatic carbocycles. The number of aliphatic carboxylic acids is 1. The molecule has 1 aliphatic carbocycles. The van der Waals surface area contributed by atoms with Crippen LogP contribution in [-0.2, 0) is 17.8 Å². The third kappa shape index (κ3) is 3.46. The lowest BCUT2D eigenvalue weighted by Gasteiger charge is -2.40. The average Bonchev–Trinajstić information content (AvgIpc) is 3.31. The molecule has 1 aromatic heterocycles. The van der Waals surface area contributed by atoms with E-state index in [1.165, 1.54) is 12.8 Å². The fourth-order valence-electron chi connectivity index (χ4n) is 3.59. The van der Waals surface area contributed by atoms with Crippen LogP contribution in [0.2, 0.25) is 0 Å². The predicted molar refractivity (Wildman–Crippen MR) is 83.3 cm³/mol. The van der Waals surface area contributed by atoms with Crippen LogP contribution < -0.4 is 0 Å². The van der Waals surface area contributed by atoms with Crippen molar-refractivity contribution in [3.8, 4) is 0 Å². The third-order valence-corrected chi connectivity index (χ3v) is 4.95. The maximum absolute atomic E-state index is 11.9. The van der Waals surface area contributed by atoms with E-state index in [0.29, 0.717) is 12.5 Å². The lowest BCUT2D eigenvalue weighted by atomic mass is 9.75.